The summed E-state index contributed by atoms with van der Waals surface area (Å²) in [4.78, 5) is 21.3. The summed E-state index contributed by atoms with van der Waals surface area (Å²) in [5.41, 5.74) is -4.17. The zero-order valence-electron chi connectivity index (χ0n) is 8.82. The van der Waals surface area contributed by atoms with Crippen LogP contribution >= 0.6 is 0 Å². The normalized spacial score (nSPS) is 11.5. The Labute approximate surface area is 101 Å². The van der Waals surface area contributed by atoms with Crippen molar-refractivity contribution >= 4 is 11.8 Å². The minimum absolute atomic E-state index is 0.318. The van der Waals surface area contributed by atoms with Gasteiger partial charge in [0.1, 0.15) is 23.6 Å². The van der Waals surface area contributed by atoms with Crippen LogP contribution in [0.3, 0.4) is 0 Å². The topological polar surface area (TPSA) is 54.4 Å². The molecule has 9 heteroatoms. The van der Waals surface area contributed by atoms with Gasteiger partial charge in [-0.25, -0.2) is 13.2 Å². The molecule has 0 saturated carbocycles. The molecule has 104 valence electrons. The van der Waals surface area contributed by atoms with Crippen molar-refractivity contribution in [1.82, 2.24) is 0 Å². The highest BCUT2D eigenvalue weighted by Crippen LogP contribution is 2.35. The van der Waals surface area contributed by atoms with E-state index in [1.165, 1.54) is 0 Å². The maximum Gasteiger partial charge on any atom is 0.422 e. The summed E-state index contributed by atoms with van der Waals surface area (Å²) in [6, 6.07) is -0.318. The first kappa shape index (κ1) is 15.0. The van der Waals surface area contributed by atoms with Crippen molar-refractivity contribution in [3.63, 3.8) is 0 Å². The monoisotopic (exact) mass is 286 g/mol. The third-order valence-corrected chi connectivity index (χ3v) is 2.04. The Hall–Kier alpha value is -2.06. The fraction of sp³-hybridized carbons (Fsp3) is 0.200. The van der Waals surface area contributed by atoms with Crippen molar-refractivity contribution in [2.24, 2.45) is 0 Å². The number of hydrogen-bond acceptors (Lipinski definition) is 2. The number of alkyl halides is 3. The van der Waals surface area contributed by atoms with Gasteiger partial charge >= 0.3 is 12.1 Å². The van der Waals surface area contributed by atoms with Crippen LogP contribution in [0.25, 0.3) is 0 Å². The molecule has 1 aromatic rings. The molecule has 0 radical (unpaired) electrons. The molecule has 0 spiro atoms. The zero-order valence-corrected chi connectivity index (χ0v) is 8.82. The van der Waals surface area contributed by atoms with Gasteiger partial charge in [0.05, 0.1) is 5.56 Å². The van der Waals surface area contributed by atoms with E-state index in [4.69, 9.17) is 5.11 Å². The van der Waals surface area contributed by atoms with E-state index in [2.05, 4.69) is 0 Å². The lowest BCUT2D eigenvalue weighted by atomic mass is 10.0. The highest BCUT2D eigenvalue weighted by molar-refractivity contribution is 6.05. The molecule has 0 aliphatic rings. The molecule has 1 N–H and O–H groups in total. The summed E-state index contributed by atoms with van der Waals surface area (Å²) >= 11 is 0. The number of rotatable bonds is 3. The lowest BCUT2D eigenvalue weighted by molar-refractivity contribution is -0.142. The highest BCUT2D eigenvalue weighted by atomic mass is 19.4. The van der Waals surface area contributed by atoms with Gasteiger partial charge in [0.15, 0.2) is 11.6 Å². The highest BCUT2D eigenvalue weighted by Gasteiger charge is 2.40. The molecule has 3 nitrogen and oxygen atoms in total. The molecule has 0 amide bonds. The van der Waals surface area contributed by atoms with E-state index in [0.717, 1.165) is 0 Å². The number of carboxylic acids is 1. The molecule has 0 fully saturated rings. The smallest absolute Gasteiger partial charge is 0.422 e. The second kappa shape index (κ2) is 4.90. The van der Waals surface area contributed by atoms with Gasteiger partial charge in [-0.05, 0) is 0 Å². The Morgan fingerprint density at radius 3 is 2.05 bits per heavy atom. The SMILES string of the molecule is O=C(O)CC(=O)c1c(F)cc(F)c(C(F)(F)F)c1F. The summed E-state index contributed by atoms with van der Waals surface area (Å²) in [6.45, 7) is 0. The average molecular weight is 286 g/mol. The fourth-order valence-corrected chi connectivity index (χ4v) is 1.33. The predicted molar refractivity (Wildman–Crippen MR) is 47.9 cm³/mol. The Kier molecular flexibility index (Phi) is 3.87. The van der Waals surface area contributed by atoms with E-state index in [9.17, 15) is 35.9 Å². The van der Waals surface area contributed by atoms with E-state index in [1.807, 2.05) is 0 Å². The van der Waals surface area contributed by atoms with E-state index in [0.29, 0.717) is 0 Å². The lowest BCUT2D eigenvalue weighted by Crippen LogP contribution is -2.18. The van der Waals surface area contributed by atoms with Gasteiger partial charge in [-0.1, -0.05) is 0 Å². The van der Waals surface area contributed by atoms with Crippen LogP contribution in [0.15, 0.2) is 6.07 Å². The first-order chi connectivity index (χ1) is 8.55. The standard InChI is InChI=1S/C10H4F6O3/c11-3-1-4(12)8(10(14,15)16)9(13)7(3)5(17)2-6(18)19/h1H,2H2,(H,18,19). The minimum atomic E-state index is -5.49. The molecule has 0 aliphatic carbocycles. The molecule has 0 heterocycles. The molecule has 1 aromatic carbocycles. The minimum Gasteiger partial charge on any atom is -0.481 e. The molecule has 0 atom stereocenters. The van der Waals surface area contributed by atoms with Crippen LogP contribution in [0, 0.1) is 17.5 Å². The maximum absolute atomic E-state index is 13.4. The van der Waals surface area contributed by atoms with Crippen molar-refractivity contribution in [3.8, 4) is 0 Å². The van der Waals surface area contributed by atoms with Crippen LogP contribution in [0.5, 0.6) is 0 Å². The third-order valence-electron chi connectivity index (χ3n) is 2.04. The van der Waals surface area contributed by atoms with E-state index in [1.54, 1.807) is 0 Å². The Balaban J connectivity index is 3.50. The summed E-state index contributed by atoms with van der Waals surface area (Å²) in [7, 11) is 0. The zero-order chi connectivity index (χ0) is 15.0. The first-order valence-electron chi connectivity index (χ1n) is 4.55. The quantitative estimate of drug-likeness (QED) is 0.528. The van der Waals surface area contributed by atoms with Gasteiger partial charge < -0.3 is 5.11 Å². The number of benzene rings is 1. The molecular weight excluding hydrogens is 282 g/mol. The number of carbonyl (C=O) groups excluding carboxylic acids is 1. The van der Waals surface area contributed by atoms with Gasteiger partial charge in [0, 0.05) is 6.07 Å². The molecule has 0 bridgehead atoms. The fourth-order valence-electron chi connectivity index (χ4n) is 1.33. The molecule has 0 aliphatic heterocycles. The van der Waals surface area contributed by atoms with E-state index < -0.39 is 52.9 Å². The maximum atomic E-state index is 13.4. The summed E-state index contributed by atoms with van der Waals surface area (Å²) in [5, 5.41) is 8.25. The van der Waals surface area contributed by atoms with Gasteiger partial charge in [-0.15, -0.1) is 0 Å². The van der Waals surface area contributed by atoms with E-state index in [-0.39, 0.29) is 6.07 Å². The van der Waals surface area contributed by atoms with Crippen LogP contribution in [0.2, 0.25) is 0 Å². The van der Waals surface area contributed by atoms with Crippen molar-refractivity contribution in [3.05, 3.63) is 34.6 Å². The summed E-state index contributed by atoms with van der Waals surface area (Å²) < 4.78 is 76.3. The molecule has 1 rings (SSSR count). The van der Waals surface area contributed by atoms with Crippen molar-refractivity contribution in [2.45, 2.75) is 12.6 Å². The second-order valence-electron chi connectivity index (χ2n) is 3.40. The van der Waals surface area contributed by atoms with Crippen LogP contribution < -0.4 is 0 Å². The molecule has 0 saturated heterocycles. The molecule has 0 aromatic heterocycles. The Morgan fingerprint density at radius 2 is 1.63 bits per heavy atom. The molecule has 19 heavy (non-hydrogen) atoms. The molecular formula is C10H4F6O3. The largest absolute Gasteiger partial charge is 0.481 e. The van der Waals surface area contributed by atoms with Crippen molar-refractivity contribution in [1.29, 1.82) is 0 Å². The number of hydrogen-bond donors (Lipinski definition) is 1. The Morgan fingerprint density at radius 1 is 1.11 bits per heavy atom. The number of Topliss-reactive ketones (excluding diaryl/α,β-unsaturated/α-hetero) is 1. The van der Waals surface area contributed by atoms with Gasteiger partial charge in [-0.3, -0.25) is 9.59 Å². The van der Waals surface area contributed by atoms with Crippen LogP contribution in [-0.4, -0.2) is 16.9 Å². The van der Waals surface area contributed by atoms with Crippen LogP contribution in [0.1, 0.15) is 22.3 Å². The third kappa shape index (κ3) is 3.04. The predicted octanol–water partition coefficient (Wildman–Crippen LogP) is 2.78. The van der Waals surface area contributed by atoms with Crippen molar-refractivity contribution in [2.75, 3.05) is 0 Å². The van der Waals surface area contributed by atoms with Gasteiger partial charge in [0.2, 0.25) is 0 Å². The first-order valence-corrected chi connectivity index (χ1v) is 4.55. The van der Waals surface area contributed by atoms with Crippen molar-refractivity contribution < 1.29 is 41.0 Å². The summed E-state index contributed by atoms with van der Waals surface area (Å²) in [6.07, 6.45) is -6.91. The number of halogens is 6. The van der Waals surface area contributed by atoms with Crippen LogP contribution in [-0.2, 0) is 11.0 Å². The second-order valence-corrected chi connectivity index (χ2v) is 3.40. The number of aliphatic carboxylic acids is 1. The van der Waals surface area contributed by atoms with Gasteiger partial charge in [0.25, 0.3) is 0 Å². The van der Waals surface area contributed by atoms with E-state index >= 15 is 0 Å². The number of carboxylic acid groups (broad SMARTS) is 1. The number of carbonyl (C=O) groups is 2. The molecule has 0 unspecified atom stereocenters. The number of ketones is 1. The Bertz CT molecular complexity index is 549. The van der Waals surface area contributed by atoms with Gasteiger partial charge in [-0.2, -0.15) is 13.2 Å². The lowest BCUT2D eigenvalue weighted by Gasteiger charge is -2.12. The average Bonchev–Trinajstić information content (AvgIpc) is 2.11. The van der Waals surface area contributed by atoms with Crippen LogP contribution in [0.4, 0.5) is 26.3 Å². The summed E-state index contributed by atoms with van der Waals surface area (Å²) in [5.74, 6) is -10.1.